The number of hydrogen-bond acceptors (Lipinski definition) is 4. The van der Waals surface area contributed by atoms with E-state index in [0.717, 1.165) is 0 Å². The van der Waals surface area contributed by atoms with Crippen molar-refractivity contribution in [2.45, 2.75) is 6.92 Å². The fourth-order valence-corrected chi connectivity index (χ4v) is 1.33. The maximum absolute atomic E-state index is 11.5. The summed E-state index contributed by atoms with van der Waals surface area (Å²) >= 11 is 0. The van der Waals surface area contributed by atoms with Gasteiger partial charge in [0, 0.05) is 6.07 Å². The lowest BCUT2D eigenvalue weighted by atomic mass is 10.2. The Labute approximate surface area is 87.7 Å². The van der Waals surface area contributed by atoms with Crippen LogP contribution < -0.4 is 14.9 Å². The van der Waals surface area contributed by atoms with Crippen molar-refractivity contribution < 1.29 is 9.47 Å². The Morgan fingerprint density at radius 3 is 2.40 bits per heavy atom. The summed E-state index contributed by atoms with van der Waals surface area (Å²) in [5, 5.41) is 8.91. The highest BCUT2D eigenvalue weighted by atomic mass is 16.5. The molecule has 0 aromatic heterocycles. The van der Waals surface area contributed by atoms with Crippen molar-refractivity contribution in [2.75, 3.05) is 14.2 Å². The number of nitriles is 1. The molecular formula is C11H11NO3. The molecule has 4 nitrogen and oxygen atoms in total. The molecule has 1 aromatic carbocycles. The molecule has 15 heavy (non-hydrogen) atoms. The molecule has 0 N–H and O–H groups in total. The molecule has 0 amide bonds. The first-order valence-electron chi connectivity index (χ1n) is 4.31. The molecular weight excluding hydrogens is 194 g/mol. The zero-order valence-electron chi connectivity index (χ0n) is 8.83. The highest BCUT2D eigenvalue weighted by molar-refractivity contribution is 5.49. The Morgan fingerprint density at radius 1 is 1.27 bits per heavy atom. The number of rotatable bonds is 2. The first-order chi connectivity index (χ1) is 7.13. The van der Waals surface area contributed by atoms with Crippen LogP contribution >= 0.6 is 0 Å². The van der Waals surface area contributed by atoms with Gasteiger partial charge in [0.2, 0.25) is 5.43 Å². The van der Waals surface area contributed by atoms with Crippen LogP contribution in [0, 0.1) is 18.3 Å². The Balaban J connectivity index is 3.68. The lowest BCUT2D eigenvalue weighted by Crippen LogP contribution is -2.00. The second-order valence-corrected chi connectivity index (χ2v) is 2.96. The van der Waals surface area contributed by atoms with Crippen molar-refractivity contribution in [2.24, 2.45) is 0 Å². The van der Waals surface area contributed by atoms with Crippen molar-refractivity contribution in [1.82, 2.24) is 0 Å². The van der Waals surface area contributed by atoms with E-state index in [4.69, 9.17) is 14.7 Å². The van der Waals surface area contributed by atoms with Crippen molar-refractivity contribution in [1.29, 1.82) is 5.26 Å². The average Bonchev–Trinajstić information content (AvgIpc) is 2.34. The summed E-state index contributed by atoms with van der Waals surface area (Å²) in [5.74, 6) is 0.538. The van der Waals surface area contributed by atoms with E-state index >= 15 is 0 Å². The minimum absolute atomic E-state index is 0.137. The zero-order chi connectivity index (χ0) is 11.4. The predicted octanol–water partition coefficient (Wildman–Crippen LogP) is 1.24. The molecule has 1 aromatic rings. The molecule has 0 radical (unpaired) electrons. The van der Waals surface area contributed by atoms with Crippen LogP contribution in [0.15, 0.2) is 16.9 Å². The van der Waals surface area contributed by atoms with E-state index in [9.17, 15) is 4.79 Å². The second kappa shape index (κ2) is 4.47. The number of nitrogens with zero attached hydrogens (tertiary/aromatic N) is 1. The van der Waals surface area contributed by atoms with Gasteiger partial charge in [0.05, 0.1) is 19.8 Å². The van der Waals surface area contributed by atoms with Gasteiger partial charge in [0.1, 0.15) is 11.8 Å². The Kier molecular flexibility index (Phi) is 3.29. The molecule has 0 saturated heterocycles. The van der Waals surface area contributed by atoms with E-state index in [0.29, 0.717) is 11.3 Å². The van der Waals surface area contributed by atoms with E-state index in [2.05, 4.69) is 0 Å². The van der Waals surface area contributed by atoms with Crippen LogP contribution in [0.4, 0.5) is 0 Å². The molecule has 78 valence electrons. The van der Waals surface area contributed by atoms with Crippen molar-refractivity contribution in [3.8, 4) is 17.6 Å². The maximum Gasteiger partial charge on any atom is 0.220 e. The topological polar surface area (TPSA) is 59.3 Å². The number of aryl methyl sites for hydroxylation is 1. The summed E-state index contributed by atoms with van der Waals surface area (Å²) in [7, 11) is 2.85. The fourth-order valence-electron chi connectivity index (χ4n) is 1.33. The molecule has 0 spiro atoms. The molecule has 1 rings (SSSR count). The SMILES string of the molecule is COc1c(C)cc(=O)c(OC)cc1C#N. The standard InChI is InChI=1S/C11H11NO3/c1-7-4-9(13)10(14-2)5-8(6-12)11(7)15-3/h4-5H,1-3H3. The molecule has 0 bridgehead atoms. The van der Waals surface area contributed by atoms with E-state index in [1.807, 2.05) is 6.07 Å². The van der Waals surface area contributed by atoms with Crippen LogP contribution in [-0.2, 0) is 0 Å². The summed E-state index contributed by atoms with van der Waals surface area (Å²) in [6, 6.07) is 4.74. The molecule has 4 heteroatoms. The lowest BCUT2D eigenvalue weighted by Gasteiger charge is -2.00. The Bertz CT molecular complexity index is 475. The van der Waals surface area contributed by atoms with Gasteiger partial charge in [0.25, 0.3) is 0 Å². The van der Waals surface area contributed by atoms with Crippen LogP contribution in [-0.4, -0.2) is 14.2 Å². The van der Waals surface area contributed by atoms with E-state index < -0.39 is 0 Å². The number of ether oxygens (including phenoxy) is 2. The molecule has 0 atom stereocenters. The van der Waals surface area contributed by atoms with Gasteiger partial charge in [-0.1, -0.05) is 0 Å². The van der Waals surface area contributed by atoms with Crippen LogP contribution in [0.1, 0.15) is 11.1 Å². The van der Waals surface area contributed by atoms with E-state index in [1.165, 1.54) is 26.4 Å². The third kappa shape index (κ3) is 2.08. The number of methoxy groups -OCH3 is 2. The van der Waals surface area contributed by atoms with Gasteiger partial charge in [0.15, 0.2) is 5.75 Å². The van der Waals surface area contributed by atoms with Gasteiger partial charge < -0.3 is 9.47 Å². The molecule has 0 unspecified atom stereocenters. The average molecular weight is 205 g/mol. The van der Waals surface area contributed by atoms with Crippen LogP contribution in [0.3, 0.4) is 0 Å². The first kappa shape index (κ1) is 11.1. The predicted molar refractivity (Wildman–Crippen MR) is 55.3 cm³/mol. The molecule has 0 aliphatic carbocycles. The molecule has 0 aliphatic heterocycles. The summed E-state index contributed by atoms with van der Waals surface area (Å²) in [6.07, 6.45) is 0. The summed E-state index contributed by atoms with van der Waals surface area (Å²) in [4.78, 5) is 11.5. The van der Waals surface area contributed by atoms with Gasteiger partial charge in [-0.25, -0.2) is 0 Å². The largest absolute Gasteiger partial charge is 0.495 e. The van der Waals surface area contributed by atoms with Crippen molar-refractivity contribution in [3.63, 3.8) is 0 Å². The summed E-state index contributed by atoms with van der Waals surface area (Å²) < 4.78 is 9.95. The quantitative estimate of drug-likeness (QED) is 0.728. The molecule has 0 fully saturated rings. The van der Waals surface area contributed by atoms with Crippen LogP contribution in [0.2, 0.25) is 0 Å². The van der Waals surface area contributed by atoms with Crippen molar-refractivity contribution in [3.05, 3.63) is 33.5 Å². The van der Waals surface area contributed by atoms with E-state index in [-0.39, 0.29) is 16.7 Å². The first-order valence-corrected chi connectivity index (χ1v) is 4.31. The molecule has 0 saturated carbocycles. The van der Waals surface area contributed by atoms with Crippen LogP contribution in [0.25, 0.3) is 0 Å². The normalized spacial score (nSPS) is 9.20. The summed E-state index contributed by atoms with van der Waals surface area (Å²) in [6.45, 7) is 1.71. The minimum Gasteiger partial charge on any atom is -0.495 e. The fraction of sp³-hybridized carbons (Fsp3) is 0.273. The smallest absolute Gasteiger partial charge is 0.220 e. The van der Waals surface area contributed by atoms with Gasteiger partial charge in [-0.2, -0.15) is 5.26 Å². The third-order valence-electron chi connectivity index (χ3n) is 2.01. The lowest BCUT2D eigenvalue weighted by molar-refractivity contribution is 0.407. The zero-order valence-corrected chi connectivity index (χ0v) is 8.83. The monoisotopic (exact) mass is 205 g/mol. The van der Waals surface area contributed by atoms with Crippen molar-refractivity contribution >= 4 is 0 Å². The highest BCUT2D eigenvalue weighted by Crippen LogP contribution is 2.22. The van der Waals surface area contributed by atoms with Gasteiger partial charge in [-0.05, 0) is 18.6 Å². The summed E-state index contributed by atoms with van der Waals surface area (Å²) in [5.41, 5.74) is 0.631. The Morgan fingerprint density at radius 2 is 1.93 bits per heavy atom. The van der Waals surface area contributed by atoms with Gasteiger partial charge >= 0.3 is 0 Å². The number of hydrogen-bond donors (Lipinski definition) is 0. The van der Waals surface area contributed by atoms with Gasteiger partial charge in [-0.15, -0.1) is 0 Å². The maximum atomic E-state index is 11.5. The highest BCUT2D eigenvalue weighted by Gasteiger charge is 2.08. The van der Waals surface area contributed by atoms with Crippen LogP contribution in [0.5, 0.6) is 11.5 Å². The third-order valence-corrected chi connectivity index (χ3v) is 2.01. The minimum atomic E-state index is -0.269. The Hall–Kier alpha value is -2.02. The molecule has 0 aliphatic rings. The molecule has 0 heterocycles. The van der Waals surface area contributed by atoms with Gasteiger partial charge in [-0.3, -0.25) is 4.79 Å². The second-order valence-electron chi connectivity index (χ2n) is 2.96. The van der Waals surface area contributed by atoms with E-state index in [1.54, 1.807) is 6.92 Å².